The summed E-state index contributed by atoms with van der Waals surface area (Å²) in [7, 11) is 0. The van der Waals surface area contributed by atoms with Crippen molar-refractivity contribution in [2.45, 2.75) is 6.92 Å². The lowest BCUT2D eigenvalue weighted by atomic mass is 10.1. The molecule has 0 saturated carbocycles. The Morgan fingerprint density at radius 3 is 2.48 bits per heavy atom. The maximum Gasteiger partial charge on any atom is 0.336 e. The van der Waals surface area contributed by atoms with Crippen LogP contribution in [0.2, 0.25) is 0 Å². The molecule has 0 atom stereocenters. The summed E-state index contributed by atoms with van der Waals surface area (Å²) in [5.41, 5.74) is 1.04. The smallest absolute Gasteiger partial charge is 0.336 e. The van der Waals surface area contributed by atoms with Crippen LogP contribution in [0.25, 0.3) is 0 Å². The Morgan fingerprint density at radius 1 is 1.10 bits per heavy atom. The van der Waals surface area contributed by atoms with Crippen molar-refractivity contribution >= 4 is 23.4 Å². The molecular weight excluding hydrogens is 275 g/mol. The third-order valence-electron chi connectivity index (χ3n) is 2.85. The predicted molar refractivity (Wildman–Crippen MR) is 77.2 cm³/mol. The average Bonchev–Trinajstić information content (AvgIpc) is 2.43. The molecule has 0 aliphatic rings. The molecule has 0 bridgehead atoms. The topological polar surface area (TPSA) is 78.4 Å². The van der Waals surface area contributed by atoms with Gasteiger partial charge in [-0.2, -0.15) is 0 Å². The zero-order chi connectivity index (χ0) is 15.4. The second kappa shape index (κ2) is 6.04. The Labute approximate surface area is 120 Å². The molecule has 5 nitrogen and oxygen atoms in total. The van der Waals surface area contributed by atoms with Gasteiger partial charge in [0.1, 0.15) is 5.82 Å². The van der Waals surface area contributed by atoms with Gasteiger partial charge in [-0.05, 0) is 36.8 Å². The summed E-state index contributed by atoms with van der Waals surface area (Å²) in [6.07, 6.45) is 0. The number of hydrogen-bond acceptors (Lipinski definition) is 2. The molecule has 0 heterocycles. The maximum atomic E-state index is 13.4. The molecule has 0 aliphatic heterocycles. The number of aryl methyl sites for hydroxylation is 1. The molecule has 0 aromatic heterocycles. The number of aromatic carboxylic acids is 1. The van der Waals surface area contributed by atoms with Crippen LogP contribution in [0.1, 0.15) is 15.9 Å². The van der Waals surface area contributed by atoms with E-state index in [4.69, 9.17) is 5.11 Å². The molecule has 3 N–H and O–H groups in total. The number of para-hydroxylation sites is 1. The van der Waals surface area contributed by atoms with Crippen molar-refractivity contribution in [3.05, 3.63) is 59.4 Å². The van der Waals surface area contributed by atoms with E-state index in [2.05, 4.69) is 10.6 Å². The molecule has 2 aromatic carbocycles. The number of benzene rings is 2. The Hall–Kier alpha value is -2.89. The highest BCUT2D eigenvalue weighted by Gasteiger charge is 2.10. The molecule has 0 spiro atoms. The van der Waals surface area contributed by atoms with Gasteiger partial charge in [-0.25, -0.2) is 14.0 Å². The van der Waals surface area contributed by atoms with E-state index in [0.717, 1.165) is 0 Å². The summed E-state index contributed by atoms with van der Waals surface area (Å²) in [5.74, 6) is -1.63. The van der Waals surface area contributed by atoms with Gasteiger partial charge in [-0.15, -0.1) is 0 Å². The first kappa shape index (κ1) is 14.5. The fourth-order valence-electron chi connectivity index (χ4n) is 1.78. The number of rotatable bonds is 3. The number of carboxylic acids is 1. The molecule has 108 valence electrons. The van der Waals surface area contributed by atoms with Crippen LogP contribution < -0.4 is 10.6 Å². The lowest BCUT2D eigenvalue weighted by Crippen LogP contribution is -2.20. The first-order chi connectivity index (χ1) is 9.97. The predicted octanol–water partition coefficient (Wildman–Crippen LogP) is 3.48. The summed E-state index contributed by atoms with van der Waals surface area (Å²) < 4.78 is 13.4. The number of hydrogen-bond donors (Lipinski definition) is 3. The number of halogens is 1. The molecule has 0 fully saturated rings. The molecule has 2 amide bonds. The highest BCUT2D eigenvalue weighted by Crippen LogP contribution is 2.17. The SMILES string of the molecule is Cc1ccc(NC(=O)Nc2ccccc2F)cc1C(=O)O. The normalized spacial score (nSPS) is 10.0. The number of carbonyl (C=O) groups excluding carboxylic acids is 1. The highest BCUT2D eigenvalue weighted by molar-refractivity contribution is 6.00. The van der Waals surface area contributed by atoms with E-state index in [9.17, 15) is 14.0 Å². The minimum atomic E-state index is -1.08. The fraction of sp³-hybridized carbons (Fsp3) is 0.0667. The number of carbonyl (C=O) groups is 2. The molecule has 21 heavy (non-hydrogen) atoms. The van der Waals surface area contributed by atoms with Gasteiger partial charge in [0.2, 0.25) is 0 Å². The Kier molecular flexibility index (Phi) is 4.18. The summed E-state index contributed by atoms with van der Waals surface area (Å²) in [4.78, 5) is 22.8. The van der Waals surface area contributed by atoms with Crippen molar-refractivity contribution in [3.8, 4) is 0 Å². The van der Waals surface area contributed by atoms with Gasteiger partial charge in [0.05, 0.1) is 11.3 Å². The van der Waals surface area contributed by atoms with Crippen molar-refractivity contribution in [3.63, 3.8) is 0 Å². The largest absolute Gasteiger partial charge is 0.478 e. The van der Waals surface area contributed by atoms with E-state index in [0.29, 0.717) is 11.3 Å². The Bertz CT molecular complexity index is 701. The summed E-state index contributed by atoms with van der Waals surface area (Å²) in [6, 6.07) is 9.60. The van der Waals surface area contributed by atoms with Crippen LogP contribution in [0, 0.1) is 12.7 Å². The molecular formula is C15H13FN2O3. The van der Waals surface area contributed by atoms with Crippen molar-refractivity contribution in [2.24, 2.45) is 0 Å². The van der Waals surface area contributed by atoms with Gasteiger partial charge in [0.25, 0.3) is 0 Å². The minimum absolute atomic E-state index is 0.0422. The molecule has 0 saturated heterocycles. The molecule has 2 rings (SSSR count). The van der Waals surface area contributed by atoms with E-state index in [1.54, 1.807) is 25.1 Å². The lowest BCUT2D eigenvalue weighted by Gasteiger charge is -2.09. The number of anilines is 2. The van der Waals surface area contributed by atoms with Crippen LogP contribution in [0.15, 0.2) is 42.5 Å². The van der Waals surface area contributed by atoms with Crippen LogP contribution >= 0.6 is 0 Å². The van der Waals surface area contributed by atoms with Gasteiger partial charge in [-0.1, -0.05) is 18.2 Å². The second-order valence-electron chi connectivity index (χ2n) is 4.39. The van der Waals surface area contributed by atoms with Gasteiger partial charge in [0, 0.05) is 5.69 Å². The van der Waals surface area contributed by atoms with E-state index in [-0.39, 0.29) is 11.3 Å². The summed E-state index contributed by atoms with van der Waals surface area (Å²) in [6.45, 7) is 1.66. The number of urea groups is 1. The van der Waals surface area contributed by atoms with Crippen molar-refractivity contribution < 1.29 is 19.1 Å². The quantitative estimate of drug-likeness (QED) is 0.809. The zero-order valence-electron chi connectivity index (χ0n) is 11.2. The molecule has 0 aliphatic carbocycles. The van der Waals surface area contributed by atoms with Crippen LogP contribution in [0.3, 0.4) is 0 Å². The van der Waals surface area contributed by atoms with Crippen molar-refractivity contribution in [1.82, 2.24) is 0 Å². The number of nitrogens with one attached hydrogen (secondary N) is 2. The van der Waals surface area contributed by atoms with Gasteiger partial charge >= 0.3 is 12.0 Å². The number of amides is 2. The van der Waals surface area contributed by atoms with E-state index in [1.165, 1.54) is 24.3 Å². The van der Waals surface area contributed by atoms with Crippen LogP contribution in [-0.4, -0.2) is 17.1 Å². The minimum Gasteiger partial charge on any atom is -0.478 e. The Balaban J connectivity index is 2.12. The first-order valence-corrected chi connectivity index (χ1v) is 6.14. The highest BCUT2D eigenvalue weighted by atomic mass is 19.1. The van der Waals surface area contributed by atoms with E-state index >= 15 is 0 Å². The lowest BCUT2D eigenvalue weighted by molar-refractivity contribution is 0.0696. The molecule has 0 radical (unpaired) electrons. The monoisotopic (exact) mass is 288 g/mol. The molecule has 6 heteroatoms. The van der Waals surface area contributed by atoms with Gasteiger partial charge < -0.3 is 15.7 Å². The van der Waals surface area contributed by atoms with E-state index in [1.807, 2.05) is 0 Å². The third kappa shape index (κ3) is 3.56. The second-order valence-corrected chi connectivity index (χ2v) is 4.39. The van der Waals surface area contributed by atoms with Crippen LogP contribution in [0.5, 0.6) is 0 Å². The van der Waals surface area contributed by atoms with E-state index < -0.39 is 17.8 Å². The third-order valence-corrected chi connectivity index (χ3v) is 2.85. The average molecular weight is 288 g/mol. The maximum absolute atomic E-state index is 13.4. The molecule has 2 aromatic rings. The summed E-state index contributed by atoms with van der Waals surface area (Å²) >= 11 is 0. The van der Waals surface area contributed by atoms with Crippen LogP contribution in [0.4, 0.5) is 20.6 Å². The zero-order valence-corrected chi connectivity index (χ0v) is 11.2. The van der Waals surface area contributed by atoms with Crippen molar-refractivity contribution in [1.29, 1.82) is 0 Å². The van der Waals surface area contributed by atoms with Crippen molar-refractivity contribution in [2.75, 3.05) is 10.6 Å². The van der Waals surface area contributed by atoms with Gasteiger partial charge in [0.15, 0.2) is 0 Å². The number of carboxylic acid groups (broad SMARTS) is 1. The summed E-state index contributed by atoms with van der Waals surface area (Å²) in [5, 5.41) is 13.8. The molecule has 0 unspecified atom stereocenters. The van der Waals surface area contributed by atoms with Gasteiger partial charge in [-0.3, -0.25) is 0 Å². The first-order valence-electron chi connectivity index (χ1n) is 6.14. The standard InChI is InChI=1S/C15H13FN2O3/c1-9-6-7-10(8-11(9)14(19)20)17-15(21)18-13-5-3-2-4-12(13)16/h2-8H,1H3,(H,19,20)(H2,17,18,21). The van der Waals surface area contributed by atoms with Crippen LogP contribution in [-0.2, 0) is 0 Å². The Morgan fingerprint density at radius 2 is 1.81 bits per heavy atom. The fourth-order valence-corrected chi connectivity index (χ4v) is 1.78.